The molecule has 1 aliphatic heterocycles. The minimum absolute atomic E-state index is 0.769. The van der Waals surface area contributed by atoms with E-state index >= 15 is 0 Å². The SMILES string of the molecule is CCNC(CN1CCN(CC2CC2)CC1)C1CC1. The Morgan fingerprint density at radius 2 is 1.67 bits per heavy atom. The second-order valence-corrected chi connectivity index (χ2v) is 6.55. The van der Waals surface area contributed by atoms with Crippen LogP contribution in [0.25, 0.3) is 0 Å². The zero-order chi connectivity index (χ0) is 12.4. The fourth-order valence-electron chi connectivity index (χ4n) is 3.24. The maximum Gasteiger partial charge on any atom is 0.0223 e. The van der Waals surface area contributed by atoms with E-state index in [9.17, 15) is 0 Å². The van der Waals surface area contributed by atoms with Crippen LogP contribution in [0.4, 0.5) is 0 Å². The predicted octanol–water partition coefficient (Wildman–Crippen LogP) is 1.40. The van der Waals surface area contributed by atoms with E-state index in [1.54, 1.807) is 0 Å². The Hall–Kier alpha value is -0.120. The molecule has 1 heterocycles. The lowest BCUT2D eigenvalue weighted by Crippen LogP contribution is -2.51. The van der Waals surface area contributed by atoms with E-state index < -0.39 is 0 Å². The predicted molar refractivity (Wildman–Crippen MR) is 75.8 cm³/mol. The van der Waals surface area contributed by atoms with Gasteiger partial charge in [0.25, 0.3) is 0 Å². The third-order valence-electron chi connectivity index (χ3n) is 4.79. The Bertz CT molecular complexity index is 252. The fourth-order valence-corrected chi connectivity index (χ4v) is 3.24. The Labute approximate surface area is 112 Å². The topological polar surface area (TPSA) is 18.5 Å². The Morgan fingerprint density at radius 3 is 2.22 bits per heavy atom. The number of hydrogen-bond acceptors (Lipinski definition) is 3. The first-order valence-electron chi connectivity index (χ1n) is 8.03. The van der Waals surface area contributed by atoms with Crippen LogP contribution in [0.1, 0.15) is 32.6 Å². The summed E-state index contributed by atoms with van der Waals surface area (Å²) in [5, 5.41) is 3.69. The molecule has 0 spiro atoms. The van der Waals surface area contributed by atoms with Crippen molar-refractivity contribution in [3.05, 3.63) is 0 Å². The quantitative estimate of drug-likeness (QED) is 0.738. The van der Waals surface area contributed by atoms with Crippen molar-refractivity contribution in [2.45, 2.75) is 38.6 Å². The molecule has 0 radical (unpaired) electrons. The van der Waals surface area contributed by atoms with E-state index in [-0.39, 0.29) is 0 Å². The number of nitrogens with zero attached hydrogens (tertiary/aromatic N) is 2. The zero-order valence-corrected chi connectivity index (χ0v) is 11.9. The highest BCUT2D eigenvalue weighted by Gasteiger charge is 2.33. The minimum atomic E-state index is 0.769. The second-order valence-electron chi connectivity index (χ2n) is 6.55. The number of likely N-dealkylation sites (N-methyl/N-ethyl adjacent to an activating group) is 1. The van der Waals surface area contributed by atoms with Crippen molar-refractivity contribution in [2.24, 2.45) is 11.8 Å². The number of nitrogens with one attached hydrogen (secondary N) is 1. The Morgan fingerprint density at radius 1 is 1.00 bits per heavy atom. The van der Waals surface area contributed by atoms with Gasteiger partial charge in [-0.05, 0) is 44.1 Å². The summed E-state index contributed by atoms with van der Waals surface area (Å²) in [5.74, 6) is 2.03. The van der Waals surface area contributed by atoms with Gasteiger partial charge >= 0.3 is 0 Å². The molecular formula is C15H29N3. The molecule has 3 fully saturated rings. The molecule has 3 heteroatoms. The summed E-state index contributed by atoms with van der Waals surface area (Å²) >= 11 is 0. The Balaban J connectivity index is 1.38. The summed E-state index contributed by atoms with van der Waals surface area (Å²) in [6, 6.07) is 0.769. The van der Waals surface area contributed by atoms with Crippen LogP contribution in [0, 0.1) is 11.8 Å². The number of piperazine rings is 1. The van der Waals surface area contributed by atoms with Gasteiger partial charge in [-0.2, -0.15) is 0 Å². The average Bonchev–Trinajstić information content (AvgIpc) is 3.25. The Kier molecular flexibility index (Phi) is 4.22. The molecule has 18 heavy (non-hydrogen) atoms. The fraction of sp³-hybridized carbons (Fsp3) is 1.00. The van der Waals surface area contributed by atoms with Gasteiger partial charge in [-0.1, -0.05) is 6.92 Å². The lowest BCUT2D eigenvalue weighted by Gasteiger charge is -2.36. The molecule has 1 N–H and O–H groups in total. The molecule has 1 saturated heterocycles. The molecule has 2 saturated carbocycles. The largest absolute Gasteiger partial charge is 0.313 e. The third-order valence-corrected chi connectivity index (χ3v) is 4.79. The van der Waals surface area contributed by atoms with Gasteiger partial charge in [-0.3, -0.25) is 4.90 Å². The molecule has 0 aromatic rings. The molecular weight excluding hydrogens is 222 g/mol. The molecule has 3 rings (SSSR count). The first kappa shape index (κ1) is 12.9. The molecule has 2 aliphatic carbocycles. The molecule has 1 unspecified atom stereocenters. The van der Waals surface area contributed by atoms with Crippen LogP contribution < -0.4 is 5.32 Å². The highest BCUT2D eigenvalue weighted by atomic mass is 15.3. The van der Waals surface area contributed by atoms with Crippen molar-refractivity contribution in [3.63, 3.8) is 0 Å². The van der Waals surface area contributed by atoms with Gasteiger partial charge < -0.3 is 10.2 Å². The maximum absolute atomic E-state index is 3.69. The molecule has 0 bridgehead atoms. The summed E-state index contributed by atoms with van der Waals surface area (Å²) in [6.07, 6.45) is 5.90. The standard InChI is InChI=1S/C15H29N3/c1-2-16-15(14-5-6-14)12-18-9-7-17(8-10-18)11-13-3-4-13/h13-16H,2-12H2,1H3. The van der Waals surface area contributed by atoms with E-state index in [2.05, 4.69) is 22.0 Å². The van der Waals surface area contributed by atoms with E-state index in [1.807, 2.05) is 0 Å². The summed E-state index contributed by atoms with van der Waals surface area (Å²) < 4.78 is 0. The lowest BCUT2D eigenvalue weighted by molar-refractivity contribution is 0.117. The van der Waals surface area contributed by atoms with Crippen LogP contribution in [-0.4, -0.2) is 61.7 Å². The van der Waals surface area contributed by atoms with E-state index in [0.717, 1.165) is 24.4 Å². The van der Waals surface area contributed by atoms with Crippen LogP contribution >= 0.6 is 0 Å². The van der Waals surface area contributed by atoms with Crippen molar-refractivity contribution in [3.8, 4) is 0 Å². The molecule has 3 nitrogen and oxygen atoms in total. The second kappa shape index (κ2) is 5.89. The molecule has 1 atom stereocenters. The molecule has 104 valence electrons. The monoisotopic (exact) mass is 251 g/mol. The van der Waals surface area contributed by atoms with Crippen molar-refractivity contribution in [1.82, 2.24) is 15.1 Å². The molecule has 3 aliphatic rings. The van der Waals surface area contributed by atoms with Gasteiger partial charge in [-0.15, -0.1) is 0 Å². The molecule has 0 aromatic heterocycles. The van der Waals surface area contributed by atoms with Crippen molar-refractivity contribution in [2.75, 3.05) is 45.8 Å². The van der Waals surface area contributed by atoms with Gasteiger partial charge in [0.2, 0.25) is 0 Å². The molecule has 0 aromatic carbocycles. The van der Waals surface area contributed by atoms with E-state index in [1.165, 1.54) is 65.0 Å². The van der Waals surface area contributed by atoms with Crippen LogP contribution in [-0.2, 0) is 0 Å². The zero-order valence-electron chi connectivity index (χ0n) is 11.9. The van der Waals surface area contributed by atoms with Crippen LogP contribution in [0.2, 0.25) is 0 Å². The van der Waals surface area contributed by atoms with Crippen molar-refractivity contribution >= 4 is 0 Å². The highest BCUT2D eigenvalue weighted by Crippen LogP contribution is 2.33. The van der Waals surface area contributed by atoms with Gasteiger partial charge in [0.05, 0.1) is 0 Å². The first-order valence-corrected chi connectivity index (χ1v) is 8.03. The summed E-state index contributed by atoms with van der Waals surface area (Å²) in [4.78, 5) is 5.38. The number of hydrogen-bond donors (Lipinski definition) is 1. The van der Waals surface area contributed by atoms with Crippen LogP contribution in [0.3, 0.4) is 0 Å². The normalized spacial score (nSPS) is 28.5. The molecule has 0 amide bonds. The van der Waals surface area contributed by atoms with E-state index in [4.69, 9.17) is 0 Å². The maximum atomic E-state index is 3.69. The summed E-state index contributed by atoms with van der Waals surface area (Å²) in [7, 11) is 0. The van der Waals surface area contributed by atoms with Crippen molar-refractivity contribution in [1.29, 1.82) is 0 Å². The summed E-state index contributed by atoms with van der Waals surface area (Å²) in [6.45, 7) is 11.2. The van der Waals surface area contributed by atoms with Crippen LogP contribution in [0.15, 0.2) is 0 Å². The minimum Gasteiger partial charge on any atom is -0.313 e. The van der Waals surface area contributed by atoms with Crippen molar-refractivity contribution < 1.29 is 0 Å². The number of rotatable bonds is 7. The van der Waals surface area contributed by atoms with Gasteiger partial charge in [0, 0.05) is 45.3 Å². The highest BCUT2D eigenvalue weighted by molar-refractivity contribution is 4.89. The first-order chi connectivity index (χ1) is 8.85. The van der Waals surface area contributed by atoms with Gasteiger partial charge in [0.15, 0.2) is 0 Å². The smallest absolute Gasteiger partial charge is 0.0223 e. The van der Waals surface area contributed by atoms with Gasteiger partial charge in [0.1, 0.15) is 0 Å². The third kappa shape index (κ3) is 3.69. The van der Waals surface area contributed by atoms with Crippen LogP contribution in [0.5, 0.6) is 0 Å². The average molecular weight is 251 g/mol. The summed E-state index contributed by atoms with van der Waals surface area (Å²) in [5.41, 5.74) is 0. The van der Waals surface area contributed by atoms with E-state index in [0.29, 0.717) is 0 Å². The lowest BCUT2D eigenvalue weighted by atomic mass is 10.1. The van der Waals surface area contributed by atoms with Gasteiger partial charge in [-0.25, -0.2) is 0 Å².